The fraction of sp³-hybridized carbons (Fsp3) is 0.318. The Bertz CT molecular complexity index is 836. The summed E-state index contributed by atoms with van der Waals surface area (Å²) < 4.78 is 5.82. The van der Waals surface area contributed by atoms with Crippen molar-refractivity contribution in [1.29, 1.82) is 0 Å². The molecule has 0 bridgehead atoms. The van der Waals surface area contributed by atoms with Crippen LogP contribution in [0.4, 0.5) is 0 Å². The van der Waals surface area contributed by atoms with E-state index < -0.39 is 0 Å². The lowest BCUT2D eigenvalue weighted by molar-refractivity contribution is -0.147. The van der Waals surface area contributed by atoms with E-state index in [1.54, 1.807) is 6.08 Å². The second-order valence-corrected chi connectivity index (χ2v) is 8.35. The van der Waals surface area contributed by atoms with Crippen molar-refractivity contribution in [2.75, 3.05) is 0 Å². The maximum absolute atomic E-state index is 12.5. The normalized spacial score (nSPS) is 20.3. The molecule has 2 aromatic carbocycles. The highest BCUT2D eigenvalue weighted by molar-refractivity contribution is 6.55. The Morgan fingerprint density at radius 1 is 1.12 bits per heavy atom. The lowest BCUT2D eigenvalue weighted by Gasteiger charge is -2.12. The van der Waals surface area contributed by atoms with Crippen LogP contribution in [0.2, 0.25) is 0 Å². The van der Waals surface area contributed by atoms with E-state index in [0.717, 1.165) is 22.3 Å². The van der Waals surface area contributed by atoms with Crippen molar-refractivity contribution in [3.8, 4) is 11.1 Å². The van der Waals surface area contributed by atoms with E-state index in [4.69, 9.17) is 27.9 Å². The molecule has 0 radical (unpaired) electrons. The highest BCUT2D eigenvalue weighted by Gasteiger charge is 2.61. The third kappa shape index (κ3) is 3.82. The molecular weight excluding hydrogens is 367 g/mol. The molecule has 2 nitrogen and oxygen atoms in total. The first-order valence-electron chi connectivity index (χ1n) is 8.65. The van der Waals surface area contributed by atoms with Crippen LogP contribution in [0.1, 0.15) is 25.0 Å². The van der Waals surface area contributed by atoms with Gasteiger partial charge in [0.2, 0.25) is 0 Å². The summed E-state index contributed by atoms with van der Waals surface area (Å²) in [5, 5.41) is 0. The average Bonchev–Trinajstić information content (AvgIpc) is 3.14. The quantitative estimate of drug-likeness (QED) is 0.561. The van der Waals surface area contributed by atoms with Crippen molar-refractivity contribution >= 4 is 29.2 Å². The second kappa shape index (κ2) is 7.46. The van der Waals surface area contributed by atoms with E-state index >= 15 is 0 Å². The topological polar surface area (TPSA) is 26.3 Å². The van der Waals surface area contributed by atoms with Crippen molar-refractivity contribution in [1.82, 2.24) is 0 Å². The Labute approximate surface area is 164 Å². The highest BCUT2D eigenvalue weighted by Crippen LogP contribution is 2.60. The highest BCUT2D eigenvalue weighted by atomic mass is 35.5. The predicted molar refractivity (Wildman–Crippen MR) is 107 cm³/mol. The van der Waals surface area contributed by atoms with Crippen molar-refractivity contribution in [3.05, 3.63) is 70.2 Å². The third-order valence-electron chi connectivity index (χ3n) is 5.37. The molecule has 1 aliphatic rings. The molecule has 0 aliphatic heterocycles. The molecule has 0 saturated heterocycles. The van der Waals surface area contributed by atoms with Crippen LogP contribution in [-0.2, 0) is 16.1 Å². The van der Waals surface area contributed by atoms with Gasteiger partial charge in [0.1, 0.15) is 11.1 Å². The molecule has 2 atom stereocenters. The molecule has 0 heterocycles. The second-order valence-electron chi connectivity index (χ2n) is 7.34. The number of carbonyl (C=O) groups is 1. The van der Waals surface area contributed by atoms with Crippen molar-refractivity contribution in [2.45, 2.75) is 27.4 Å². The SMILES string of the molecule is Cc1c(COC(=O)[C@H]2[C@@H](C=C(Cl)Cl)C2(C)C)cccc1-c1ccccc1. The summed E-state index contributed by atoms with van der Waals surface area (Å²) in [6.07, 6.45) is 1.73. The smallest absolute Gasteiger partial charge is 0.310 e. The molecule has 0 spiro atoms. The van der Waals surface area contributed by atoms with Crippen LogP contribution >= 0.6 is 23.2 Å². The Kier molecular flexibility index (Phi) is 5.45. The number of hydrogen-bond donors (Lipinski definition) is 0. The number of ether oxygens (including phenoxy) is 1. The van der Waals surface area contributed by atoms with Crippen LogP contribution in [0.5, 0.6) is 0 Å². The molecule has 2 aromatic rings. The average molecular weight is 389 g/mol. The number of hydrogen-bond acceptors (Lipinski definition) is 2. The van der Waals surface area contributed by atoms with Gasteiger partial charge in [-0.3, -0.25) is 4.79 Å². The number of carbonyl (C=O) groups excluding carboxylic acids is 1. The third-order valence-corrected chi connectivity index (χ3v) is 5.62. The summed E-state index contributed by atoms with van der Waals surface area (Å²) in [5.41, 5.74) is 4.28. The fourth-order valence-electron chi connectivity index (χ4n) is 3.58. The van der Waals surface area contributed by atoms with Crippen LogP contribution in [-0.4, -0.2) is 5.97 Å². The Balaban J connectivity index is 1.71. The molecule has 3 rings (SSSR count). The van der Waals surface area contributed by atoms with Crippen molar-refractivity contribution < 1.29 is 9.53 Å². The van der Waals surface area contributed by atoms with Gasteiger partial charge in [-0.2, -0.15) is 0 Å². The standard InChI is InChI=1S/C22H22Cl2O2/c1-14-16(10-7-11-17(14)15-8-5-4-6-9-15)13-26-21(25)20-18(12-19(23)24)22(20,2)3/h4-12,18,20H,13H2,1-3H3/t18-,20-/m1/s1. The number of benzene rings is 2. The van der Waals surface area contributed by atoms with Crippen molar-refractivity contribution in [2.24, 2.45) is 17.3 Å². The van der Waals surface area contributed by atoms with Gasteiger partial charge in [0.25, 0.3) is 0 Å². The Morgan fingerprint density at radius 2 is 1.81 bits per heavy atom. The van der Waals surface area contributed by atoms with Gasteiger partial charge >= 0.3 is 5.97 Å². The van der Waals surface area contributed by atoms with Gasteiger partial charge in [-0.05, 0) is 46.6 Å². The predicted octanol–water partition coefficient (Wildman–Crippen LogP) is 6.30. The van der Waals surface area contributed by atoms with Gasteiger partial charge in [0.05, 0.1) is 5.92 Å². The molecule has 0 unspecified atom stereocenters. The molecule has 1 fully saturated rings. The zero-order valence-electron chi connectivity index (χ0n) is 15.1. The molecule has 4 heteroatoms. The number of esters is 1. The molecular formula is C22H22Cl2O2. The molecule has 26 heavy (non-hydrogen) atoms. The van der Waals surface area contributed by atoms with E-state index in [-0.39, 0.29) is 34.3 Å². The lowest BCUT2D eigenvalue weighted by Crippen LogP contribution is -2.11. The van der Waals surface area contributed by atoms with E-state index in [0.29, 0.717) is 0 Å². The molecule has 136 valence electrons. The largest absolute Gasteiger partial charge is 0.461 e. The summed E-state index contributed by atoms with van der Waals surface area (Å²) in [5.74, 6) is -0.375. The van der Waals surface area contributed by atoms with E-state index in [1.807, 2.05) is 44.2 Å². The zero-order valence-corrected chi connectivity index (χ0v) is 16.6. The van der Waals surface area contributed by atoms with Crippen molar-refractivity contribution in [3.63, 3.8) is 0 Å². The number of allylic oxidation sites excluding steroid dienone is 1. The Morgan fingerprint density at radius 3 is 2.46 bits per heavy atom. The minimum absolute atomic E-state index is 0.0248. The first-order chi connectivity index (χ1) is 12.3. The maximum atomic E-state index is 12.5. The maximum Gasteiger partial charge on any atom is 0.310 e. The van der Waals surface area contributed by atoms with Gasteiger partial charge in [-0.25, -0.2) is 0 Å². The first-order valence-corrected chi connectivity index (χ1v) is 9.41. The monoisotopic (exact) mass is 388 g/mol. The van der Waals surface area contributed by atoms with Crippen LogP contribution in [0.25, 0.3) is 11.1 Å². The van der Waals surface area contributed by atoms with Crippen LogP contribution < -0.4 is 0 Å². The van der Waals surface area contributed by atoms with E-state index in [1.165, 1.54) is 0 Å². The van der Waals surface area contributed by atoms with Gasteiger partial charge in [0, 0.05) is 0 Å². The lowest BCUT2D eigenvalue weighted by atomic mass is 9.97. The summed E-state index contributed by atoms with van der Waals surface area (Å²) in [6.45, 7) is 6.38. The summed E-state index contributed by atoms with van der Waals surface area (Å²) in [7, 11) is 0. The minimum Gasteiger partial charge on any atom is -0.461 e. The van der Waals surface area contributed by atoms with Gasteiger partial charge in [-0.15, -0.1) is 0 Å². The minimum atomic E-state index is -0.201. The molecule has 0 amide bonds. The van der Waals surface area contributed by atoms with Gasteiger partial charge in [0.15, 0.2) is 0 Å². The fourth-order valence-corrected chi connectivity index (χ4v) is 3.86. The van der Waals surface area contributed by atoms with Crippen LogP contribution in [0, 0.1) is 24.2 Å². The molecule has 0 aromatic heterocycles. The van der Waals surface area contributed by atoms with Gasteiger partial charge in [-0.1, -0.05) is 85.6 Å². The summed E-state index contributed by atoms with van der Waals surface area (Å²) in [4.78, 5) is 12.5. The van der Waals surface area contributed by atoms with Crippen LogP contribution in [0.15, 0.2) is 59.1 Å². The van der Waals surface area contributed by atoms with E-state index in [9.17, 15) is 4.79 Å². The molecule has 1 saturated carbocycles. The zero-order chi connectivity index (χ0) is 18.9. The Hall–Kier alpha value is -1.77. The summed E-state index contributed by atoms with van der Waals surface area (Å²) in [6, 6.07) is 16.3. The molecule has 0 N–H and O–H groups in total. The van der Waals surface area contributed by atoms with Gasteiger partial charge < -0.3 is 4.74 Å². The van der Waals surface area contributed by atoms with E-state index in [2.05, 4.69) is 25.1 Å². The molecule has 1 aliphatic carbocycles. The first kappa shape index (κ1) is 19.0. The number of rotatable bonds is 5. The number of halogens is 2. The van der Waals surface area contributed by atoms with Crippen LogP contribution in [0.3, 0.4) is 0 Å². The summed E-state index contributed by atoms with van der Waals surface area (Å²) >= 11 is 11.5.